The monoisotopic (exact) mass is 334 g/mol. The smallest absolute Gasteiger partial charge is 0.179 e. The summed E-state index contributed by atoms with van der Waals surface area (Å²) in [5.74, 6) is 5.69. The number of hydrogen-bond donors (Lipinski definition) is 2. The molecule has 0 saturated heterocycles. The van der Waals surface area contributed by atoms with Gasteiger partial charge in [0.2, 0.25) is 0 Å². The molecule has 3 N–H and O–H groups in total. The molecule has 0 fully saturated rings. The van der Waals surface area contributed by atoms with Gasteiger partial charge in [-0.05, 0) is 43.6 Å². The van der Waals surface area contributed by atoms with Crippen molar-refractivity contribution < 1.29 is 9.47 Å². The lowest BCUT2D eigenvalue weighted by atomic mass is 10.2. The van der Waals surface area contributed by atoms with Crippen molar-refractivity contribution in [1.29, 1.82) is 0 Å². The number of nitrogens with two attached hydrogens (primary N) is 1. The van der Waals surface area contributed by atoms with E-state index < -0.39 is 6.29 Å². The lowest BCUT2D eigenvalue weighted by molar-refractivity contribution is -0.156. The van der Waals surface area contributed by atoms with Crippen LogP contribution < -0.4 is 11.3 Å². The molecule has 0 amide bonds. The minimum Gasteiger partial charge on any atom is -0.351 e. The fourth-order valence-electron chi connectivity index (χ4n) is 1.91. The standard InChI is InChI=1S/C12H23BrN4O2/c1-5-18-12(19-6-2)10(16-14)11-9(13)7-15-17(11)8(3)4/h7-8,10,12,16H,5-6,14H2,1-4H3. The second-order valence-corrected chi connectivity index (χ2v) is 5.19. The van der Waals surface area contributed by atoms with Gasteiger partial charge in [-0.3, -0.25) is 10.5 Å². The number of halogens is 1. The average Bonchev–Trinajstić information content (AvgIpc) is 2.73. The second-order valence-electron chi connectivity index (χ2n) is 4.34. The van der Waals surface area contributed by atoms with Crippen molar-refractivity contribution in [2.45, 2.75) is 46.1 Å². The molecule has 1 heterocycles. The third-order valence-electron chi connectivity index (χ3n) is 2.68. The highest BCUT2D eigenvalue weighted by Crippen LogP contribution is 2.29. The lowest BCUT2D eigenvalue weighted by Crippen LogP contribution is -2.41. The van der Waals surface area contributed by atoms with E-state index in [0.717, 1.165) is 10.2 Å². The Kier molecular flexibility index (Phi) is 6.95. The van der Waals surface area contributed by atoms with E-state index in [1.54, 1.807) is 6.20 Å². The quantitative estimate of drug-likeness (QED) is 0.432. The molecule has 0 aliphatic rings. The van der Waals surface area contributed by atoms with Gasteiger partial charge in [0.25, 0.3) is 0 Å². The second kappa shape index (κ2) is 7.96. The largest absolute Gasteiger partial charge is 0.351 e. The van der Waals surface area contributed by atoms with Gasteiger partial charge in [0, 0.05) is 19.3 Å². The number of aromatic nitrogens is 2. The summed E-state index contributed by atoms with van der Waals surface area (Å²) in [7, 11) is 0. The number of hydrazine groups is 1. The number of nitrogens with one attached hydrogen (secondary N) is 1. The average molecular weight is 335 g/mol. The Bertz CT molecular complexity index is 378. The highest BCUT2D eigenvalue weighted by atomic mass is 79.9. The summed E-state index contributed by atoms with van der Waals surface area (Å²) < 4.78 is 14.0. The van der Waals surface area contributed by atoms with Crippen LogP contribution in [0.2, 0.25) is 0 Å². The van der Waals surface area contributed by atoms with Gasteiger partial charge < -0.3 is 9.47 Å². The highest BCUT2D eigenvalue weighted by Gasteiger charge is 2.29. The fourth-order valence-corrected chi connectivity index (χ4v) is 2.43. The first kappa shape index (κ1) is 16.6. The maximum Gasteiger partial charge on any atom is 0.179 e. The summed E-state index contributed by atoms with van der Waals surface area (Å²) in [5, 5.41) is 4.35. The molecule has 1 aromatic rings. The minimum atomic E-state index is -0.453. The molecule has 110 valence electrons. The first-order chi connectivity index (χ1) is 9.06. The highest BCUT2D eigenvalue weighted by molar-refractivity contribution is 9.10. The summed E-state index contributed by atoms with van der Waals surface area (Å²) in [6.07, 6.45) is 1.31. The fraction of sp³-hybridized carbons (Fsp3) is 0.750. The van der Waals surface area contributed by atoms with Crippen LogP contribution in [0.3, 0.4) is 0 Å². The Morgan fingerprint density at radius 3 is 2.37 bits per heavy atom. The van der Waals surface area contributed by atoms with E-state index in [1.165, 1.54) is 0 Å². The van der Waals surface area contributed by atoms with E-state index in [0.29, 0.717) is 13.2 Å². The van der Waals surface area contributed by atoms with E-state index in [2.05, 4.69) is 40.3 Å². The van der Waals surface area contributed by atoms with Crippen molar-refractivity contribution in [3.63, 3.8) is 0 Å². The number of rotatable bonds is 8. The van der Waals surface area contributed by atoms with Gasteiger partial charge >= 0.3 is 0 Å². The van der Waals surface area contributed by atoms with Crippen molar-refractivity contribution in [2.24, 2.45) is 5.84 Å². The molecule has 0 spiro atoms. The Labute approximate surface area is 122 Å². The molecule has 0 bridgehead atoms. The van der Waals surface area contributed by atoms with Crippen LogP contribution in [-0.2, 0) is 9.47 Å². The summed E-state index contributed by atoms with van der Waals surface area (Å²) in [6.45, 7) is 9.08. The molecular weight excluding hydrogens is 312 g/mol. The van der Waals surface area contributed by atoms with Gasteiger partial charge in [0.05, 0.1) is 16.4 Å². The molecule has 0 radical (unpaired) electrons. The number of nitrogens with zero attached hydrogens (tertiary/aromatic N) is 2. The van der Waals surface area contributed by atoms with Gasteiger partial charge in [-0.2, -0.15) is 5.10 Å². The summed E-state index contributed by atoms with van der Waals surface area (Å²) in [4.78, 5) is 0. The minimum absolute atomic E-state index is 0.223. The van der Waals surface area contributed by atoms with Crippen LogP contribution >= 0.6 is 15.9 Å². The normalized spacial score (nSPS) is 13.5. The molecule has 0 saturated carbocycles. The van der Waals surface area contributed by atoms with E-state index in [-0.39, 0.29) is 12.1 Å². The molecule has 6 nitrogen and oxygen atoms in total. The van der Waals surface area contributed by atoms with Crippen molar-refractivity contribution >= 4 is 15.9 Å². The van der Waals surface area contributed by atoms with E-state index >= 15 is 0 Å². The van der Waals surface area contributed by atoms with E-state index in [9.17, 15) is 0 Å². The third-order valence-corrected chi connectivity index (χ3v) is 3.30. The Hall–Kier alpha value is -0.470. The van der Waals surface area contributed by atoms with Gasteiger partial charge in [0.1, 0.15) is 6.04 Å². The zero-order valence-electron chi connectivity index (χ0n) is 11.9. The van der Waals surface area contributed by atoms with Crippen LogP contribution in [0.15, 0.2) is 10.7 Å². The van der Waals surface area contributed by atoms with Crippen LogP contribution in [0.1, 0.15) is 45.5 Å². The number of hydrogen-bond acceptors (Lipinski definition) is 5. The van der Waals surface area contributed by atoms with Crippen molar-refractivity contribution in [2.75, 3.05) is 13.2 Å². The van der Waals surface area contributed by atoms with E-state index in [1.807, 2.05) is 18.5 Å². The molecule has 0 aliphatic heterocycles. The lowest BCUT2D eigenvalue weighted by Gasteiger charge is -2.27. The molecule has 0 aromatic carbocycles. The summed E-state index contributed by atoms with van der Waals surface area (Å²) >= 11 is 3.51. The van der Waals surface area contributed by atoms with Gasteiger partial charge in [-0.25, -0.2) is 5.43 Å². The molecule has 19 heavy (non-hydrogen) atoms. The zero-order valence-corrected chi connectivity index (χ0v) is 13.5. The predicted octanol–water partition coefficient (Wildman–Crippen LogP) is 2.13. The topological polar surface area (TPSA) is 74.3 Å². The van der Waals surface area contributed by atoms with Crippen LogP contribution in [0.5, 0.6) is 0 Å². The first-order valence-electron chi connectivity index (χ1n) is 6.48. The summed E-state index contributed by atoms with van der Waals surface area (Å²) in [5.41, 5.74) is 3.69. The van der Waals surface area contributed by atoms with Crippen LogP contribution in [0.4, 0.5) is 0 Å². The molecule has 1 atom stereocenters. The molecular formula is C12H23BrN4O2. The number of ether oxygens (including phenoxy) is 2. The van der Waals surface area contributed by atoms with Crippen molar-refractivity contribution in [1.82, 2.24) is 15.2 Å². The van der Waals surface area contributed by atoms with Crippen molar-refractivity contribution in [3.05, 3.63) is 16.4 Å². The Morgan fingerprint density at radius 1 is 1.37 bits per heavy atom. The maximum absolute atomic E-state index is 5.69. The predicted molar refractivity (Wildman–Crippen MR) is 77.4 cm³/mol. The summed E-state index contributed by atoms with van der Waals surface area (Å²) in [6, 6.07) is -0.0692. The Balaban J connectivity index is 3.09. The molecule has 7 heteroatoms. The maximum atomic E-state index is 5.69. The van der Waals surface area contributed by atoms with Crippen molar-refractivity contribution in [3.8, 4) is 0 Å². The molecule has 0 aliphatic carbocycles. The Morgan fingerprint density at radius 2 is 1.95 bits per heavy atom. The molecule has 1 aromatic heterocycles. The zero-order chi connectivity index (χ0) is 14.4. The molecule has 1 unspecified atom stereocenters. The third kappa shape index (κ3) is 4.00. The van der Waals surface area contributed by atoms with Crippen LogP contribution in [-0.4, -0.2) is 29.3 Å². The van der Waals surface area contributed by atoms with E-state index in [4.69, 9.17) is 15.3 Å². The van der Waals surface area contributed by atoms with Crippen LogP contribution in [0, 0.1) is 0 Å². The van der Waals surface area contributed by atoms with Gasteiger partial charge in [0.15, 0.2) is 6.29 Å². The first-order valence-corrected chi connectivity index (χ1v) is 7.28. The van der Waals surface area contributed by atoms with Gasteiger partial charge in [-0.15, -0.1) is 0 Å². The van der Waals surface area contributed by atoms with Crippen LogP contribution in [0.25, 0.3) is 0 Å². The van der Waals surface area contributed by atoms with Gasteiger partial charge in [-0.1, -0.05) is 0 Å². The SMILES string of the molecule is CCOC(OCC)C(NN)c1c(Br)cnn1C(C)C. The molecule has 1 rings (SSSR count).